The van der Waals surface area contributed by atoms with Crippen LogP contribution in [-0.4, -0.2) is 28.1 Å². The molecule has 0 aromatic carbocycles. The molecule has 0 spiro atoms. The van der Waals surface area contributed by atoms with E-state index in [4.69, 9.17) is 0 Å². The Hall–Kier alpha value is -0.970. The van der Waals surface area contributed by atoms with Crippen molar-refractivity contribution in [2.75, 3.05) is 23.9 Å². The van der Waals surface area contributed by atoms with Crippen LogP contribution in [0.2, 0.25) is 0 Å². The van der Waals surface area contributed by atoms with E-state index in [1.165, 1.54) is 0 Å². The van der Waals surface area contributed by atoms with Gasteiger partial charge in [-0.25, -0.2) is 4.98 Å². The summed E-state index contributed by atoms with van der Waals surface area (Å²) in [6, 6.07) is 0. The van der Waals surface area contributed by atoms with Crippen molar-refractivity contribution in [1.29, 1.82) is 0 Å². The summed E-state index contributed by atoms with van der Waals surface area (Å²) in [4.78, 5) is 16.1. The lowest BCUT2D eigenvalue weighted by Crippen LogP contribution is -2.35. The maximum absolute atomic E-state index is 12.0. The fraction of sp³-hybridized carbons (Fsp3) is 0.636. The molecule has 0 fully saturated rings. The number of rotatable bonds is 4. The smallest absolute Gasteiger partial charge is 0.293 e. The van der Waals surface area contributed by atoms with Crippen LogP contribution in [0.5, 0.6) is 0 Å². The van der Waals surface area contributed by atoms with Gasteiger partial charge < -0.3 is 9.88 Å². The Bertz CT molecular complexity index is 395. The number of nitrogens with one attached hydrogen (secondary N) is 1. The molecular weight excluding hydrogens is 222 g/mol. The summed E-state index contributed by atoms with van der Waals surface area (Å²) in [6.07, 6.45) is 5.42. The molecule has 1 aromatic heterocycles. The first-order valence-corrected chi connectivity index (χ1v) is 6.67. The summed E-state index contributed by atoms with van der Waals surface area (Å²) < 4.78 is 1.70. The summed E-state index contributed by atoms with van der Waals surface area (Å²) >= 11 is 1.74. The molecule has 4 nitrogen and oxygen atoms in total. The van der Waals surface area contributed by atoms with Gasteiger partial charge in [0.1, 0.15) is 0 Å². The van der Waals surface area contributed by atoms with Gasteiger partial charge in [0.15, 0.2) is 5.82 Å². The first-order chi connectivity index (χ1) is 7.46. The third-order valence-corrected chi connectivity index (χ3v) is 2.77. The highest BCUT2D eigenvalue weighted by Crippen LogP contribution is 2.10. The monoisotopic (exact) mass is 241 g/mol. The van der Waals surface area contributed by atoms with E-state index in [1.54, 1.807) is 28.7 Å². The number of anilines is 1. The zero-order valence-electron chi connectivity index (χ0n) is 10.3. The molecule has 0 radical (unpaired) electrons. The van der Waals surface area contributed by atoms with Crippen molar-refractivity contribution < 1.29 is 0 Å². The molecule has 0 saturated carbocycles. The van der Waals surface area contributed by atoms with Crippen LogP contribution in [0.4, 0.5) is 5.82 Å². The van der Waals surface area contributed by atoms with Gasteiger partial charge in [-0.15, -0.1) is 0 Å². The molecule has 16 heavy (non-hydrogen) atoms. The molecule has 0 saturated heterocycles. The van der Waals surface area contributed by atoms with E-state index in [2.05, 4.69) is 10.3 Å². The van der Waals surface area contributed by atoms with E-state index in [0.29, 0.717) is 5.82 Å². The second kappa shape index (κ2) is 5.39. The Morgan fingerprint density at radius 1 is 1.50 bits per heavy atom. The van der Waals surface area contributed by atoms with Crippen LogP contribution < -0.4 is 10.9 Å². The average molecular weight is 241 g/mol. The van der Waals surface area contributed by atoms with E-state index in [0.717, 1.165) is 12.3 Å². The standard InChI is InChI=1S/C11H19N3OS/c1-11(2,3)14-7-5-12-9(10(14)15)13-6-8-16-4/h5,7H,6,8H2,1-4H3,(H,12,13). The molecule has 1 heterocycles. The Morgan fingerprint density at radius 3 is 2.75 bits per heavy atom. The van der Waals surface area contributed by atoms with Gasteiger partial charge in [0.05, 0.1) is 0 Å². The molecule has 0 unspecified atom stereocenters. The van der Waals surface area contributed by atoms with Gasteiger partial charge in [0.2, 0.25) is 0 Å². The number of aromatic nitrogens is 2. The van der Waals surface area contributed by atoms with Crippen molar-refractivity contribution in [2.24, 2.45) is 0 Å². The summed E-state index contributed by atoms with van der Waals surface area (Å²) in [6.45, 7) is 6.76. The van der Waals surface area contributed by atoms with Crippen LogP contribution in [0.1, 0.15) is 20.8 Å². The Morgan fingerprint density at radius 2 is 2.19 bits per heavy atom. The van der Waals surface area contributed by atoms with E-state index in [9.17, 15) is 4.79 Å². The molecule has 1 aromatic rings. The van der Waals surface area contributed by atoms with Crippen LogP contribution in [0.25, 0.3) is 0 Å². The summed E-state index contributed by atoms with van der Waals surface area (Å²) in [5.74, 6) is 1.40. The Labute approximate surface area is 100 Å². The molecule has 5 heteroatoms. The third-order valence-electron chi connectivity index (χ3n) is 2.16. The van der Waals surface area contributed by atoms with Gasteiger partial charge in [-0.3, -0.25) is 4.79 Å². The van der Waals surface area contributed by atoms with Crippen LogP contribution in [0, 0.1) is 0 Å². The van der Waals surface area contributed by atoms with E-state index in [-0.39, 0.29) is 11.1 Å². The molecule has 90 valence electrons. The first-order valence-electron chi connectivity index (χ1n) is 5.28. The van der Waals surface area contributed by atoms with Gasteiger partial charge >= 0.3 is 0 Å². The molecule has 0 atom stereocenters. The lowest BCUT2D eigenvalue weighted by Gasteiger charge is -2.22. The van der Waals surface area contributed by atoms with Crippen molar-refractivity contribution in [1.82, 2.24) is 9.55 Å². The fourth-order valence-electron chi connectivity index (χ4n) is 1.33. The highest BCUT2D eigenvalue weighted by Gasteiger charge is 2.16. The quantitative estimate of drug-likeness (QED) is 0.816. The molecule has 1 rings (SSSR count). The van der Waals surface area contributed by atoms with Crippen molar-refractivity contribution in [2.45, 2.75) is 26.3 Å². The summed E-state index contributed by atoms with van der Waals surface area (Å²) in [5, 5.41) is 3.06. The lowest BCUT2D eigenvalue weighted by atomic mass is 10.1. The largest absolute Gasteiger partial charge is 0.365 e. The van der Waals surface area contributed by atoms with Gasteiger partial charge in [-0.2, -0.15) is 11.8 Å². The second-order valence-corrected chi connectivity index (χ2v) is 5.53. The highest BCUT2D eigenvalue weighted by molar-refractivity contribution is 7.98. The van der Waals surface area contributed by atoms with Gasteiger partial charge in [0, 0.05) is 30.2 Å². The summed E-state index contributed by atoms with van der Waals surface area (Å²) in [7, 11) is 0. The average Bonchev–Trinajstić information content (AvgIpc) is 2.19. The van der Waals surface area contributed by atoms with Crippen LogP contribution in [0.3, 0.4) is 0 Å². The zero-order valence-corrected chi connectivity index (χ0v) is 11.1. The lowest BCUT2D eigenvalue weighted by molar-refractivity contribution is 0.383. The predicted octanol–water partition coefficient (Wildman–Crippen LogP) is 1.77. The number of hydrogen-bond acceptors (Lipinski definition) is 4. The van der Waals surface area contributed by atoms with E-state index in [1.807, 2.05) is 27.0 Å². The van der Waals surface area contributed by atoms with Crippen molar-refractivity contribution in [3.63, 3.8) is 0 Å². The van der Waals surface area contributed by atoms with Crippen LogP contribution in [-0.2, 0) is 5.54 Å². The molecule has 0 aliphatic carbocycles. The molecule has 0 aliphatic heterocycles. The fourth-order valence-corrected chi connectivity index (χ4v) is 1.64. The minimum Gasteiger partial charge on any atom is -0.365 e. The van der Waals surface area contributed by atoms with Gasteiger partial charge in [-0.1, -0.05) is 0 Å². The molecule has 0 aliphatic rings. The van der Waals surface area contributed by atoms with Gasteiger partial charge in [0.25, 0.3) is 5.56 Å². The second-order valence-electron chi connectivity index (χ2n) is 4.54. The normalized spacial score (nSPS) is 11.5. The molecular formula is C11H19N3OS. The van der Waals surface area contributed by atoms with Crippen molar-refractivity contribution in [3.05, 3.63) is 22.7 Å². The molecule has 0 amide bonds. The minimum atomic E-state index is -0.212. The first kappa shape index (κ1) is 13.1. The minimum absolute atomic E-state index is 0.0592. The van der Waals surface area contributed by atoms with E-state index >= 15 is 0 Å². The zero-order chi connectivity index (χ0) is 12.2. The van der Waals surface area contributed by atoms with E-state index < -0.39 is 0 Å². The van der Waals surface area contributed by atoms with Crippen molar-refractivity contribution >= 4 is 17.6 Å². The highest BCUT2D eigenvalue weighted by atomic mass is 32.2. The number of nitrogens with zero attached hydrogens (tertiary/aromatic N) is 2. The van der Waals surface area contributed by atoms with Crippen LogP contribution in [0.15, 0.2) is 17.2 Å². The number of thioether (sulfide) groups is 1. The molecule has 0 bridgehead atoms. The van der Waals surface area contributed by atoms with Crippen molar-refractivity contribution in [3.8, 4) is 0 Å². The molecule has 1 N–H and O–H groups in total. The number of hydrogen-bond donors (Lipinski definition) is 1. The maximum Gasteiger partial charge on any atom is 0.293 e. The van der Waals surface area contributed by atoms with Crippen LogP contribution >= 0.6 is 11.8 Å². The SMILES string of the molecule is CSCCNc1nccn(C(C)(C)C)c1=O. The van der Waals surface area contributed by atoms with Gasteiger partial charge in [-0.05, 0) is 27.0 Å². The Balaban J connectivity index is 2.92. The summed E-state index contributed by atoms with van der Waals surface area (Å²) in [5.41, 5.74) is -0.272. The topological polar surface area (TPSA) is 46.9 Å². The maximum atomic E-state index is 12.0. The third kappa shape index (κ3) is 3.27. The predicted molar refractivity (Wildman–Crippen MR) is 70.4 cm³/mol. The Kier molecular flexibility index (Phi) is 4.41.